The molecule has 1 aromatic heterocycles. The van der Waals surface area contributed by atoms with Crippen LogP contribution in [0, 0.1) is 5.92 Å². The summed E-state index contributed by atoms with van der Waals surface area (Å²) in [6.45, 7) is 2.09. The summed E-state index contributed by atoms with van der Waals surface area (Å²) in [7, 11) is -2.11. The van der Waals surface area contributed by atoms with Crippen LogP contribution in [0.25, 0.3) is 0 Å². The van der Waals surface area contributed by atoms with Crippen LogP contribution >= 0.6 is 11.3 Å². The van der Waals surface area contributed by atoms with E-state index in [4.69, 9.17) is 0 Å². The van der Waals surface area contributed by atoms with Crippen LogP contribution < -0.4 is 5.32 Å². The van der Waals surface area contributed by atoms with Crippen LogP contribution in [-0.2, 0) is 14.8 Å². The van der Waals surface area contributed by atoms with Crippen LogP contribution in [0.3, 0.4) is 0 Å². The highest BCUT2D eigenvalue weighted by Crippen LogP contribution is 2.23. The third-order valence-electron chi connectivity index (χ3n) is 3.91. The van der Waals surface area contributed by atoms with Gasteiger partial charge in [-0.3, -0.25) is 4.79 Å². The van der Waals surface area contributed by atoms with Gasteiger partial charge in [0.1, 0.15) is 4.21 Å². The molecule has 1 heterocycles. The summed E-state index contributed by atoms with van der Waals surface area (Å²) >= 11 is 1.16. The summed E-state index contributed by atoms with van der Waals surface area (Å²) in [6, 6.07) is 3.43. The van der Waals surface area contributed by atoms with E-state index in [0.717, 1.165) is 47.2 Å². The normalized spacial score (nSPS) is 23.2. The van der Waals surface area contributed by atoms with E-state index >= 15 is 0 Å². The van der Waals surface area contributed by atoms with E-state index in [1.165, 1.54) is 7.05 Å². The van der Waals surface area contributed by atoms with Gasteiger partial charge in [-0.2, -0.15) is 4.31 Å². The molecular weight excluding hydrogens is 308 g/mol. The van der Waals surface area contributed by atoms with E-state index in [1.54, 1.807) is 17.5 Å². The van der Waals surface area contributed by atoms with E-state index in [2.05, 4.69) is 12.2 Å². The van der Waals surface area contributed by atoms with Crippen LogP contribution in [0.2, 0.25) is 0 Å². The molecule has 21 heavy (non-hydrogen) atoms. The quantitative estimate of drug-likeness (QED) is 0.899. The van der Waals surface area contributed by atoms with Crippen molar-refractivity contribution in [2.75, 3.05) is 13.6 Å². The predicted octanol–water partition coefficient (Wildman–Crippen LogP) is 2.06. The monoisotopic (exact) mass is 330 g/mol. The second-order valence-corrected chi connectivity index (χ2v) is 8.94. The smallest absolute Gasteiger partial charge is 0.252 e. The molecule has 1 aliphatic carbocycles. The first-order valence-corrected chi connectivity index (χ1v) is 9.51. The minimum atomic E-state index is -3.55. The maximum absolute atomic E-state index is 12.2. The molecule has 0 bridgehead atoms. The zero-order valence-corrected chi connectivity index (χ0v) is 14.0. The zero-order valence-electron chi connectivity index (χ0n) is 12.4. The molecule has 5 nitrogen and oxygen atoms in total. The van der Waals surface area contributed by atoms with Gasteiger partial charge >= 0.3 is 0 Å². The molecule has 1 amide bonds. The Balaban J connectivity index is 1.88. The Morgan fingerprint density at radius 2 is 2.05 bits per heavy atom. The Kier molecular flexibility index (Phi) is 5.40. The first-order valence-electron chi connectivity index (χ1n) is 7.19. The number of likely N-dealkylation sites (N-methyl/N-ethyl adjacent to an activating group) is 1. The molecule has 7 heteroatoms. The molecular formula is C14H22N2O3S2. The highest BCUT2D eigenvalue weighted by Gasteiger charge is 2.25. The van der Waals surface area contributed by atoms with Gasteiger partial charge in [0.25, 0.3) is 10.0 Å². The lowest BCUT2D eigenvalue weighted by atomic mass is 9.87. The van der Waals surface area contributed by atoms with Crippen LogP contribution in [0.1, 0.15) is 32.6 Å². The molecule has 0 unspecified atom stereocenters. The largest absolute Gasteiger partial charge is 0.352 e. The summed E-state index contributed by atoms with van der Waals surface area (Å²) in [5.74, 6) is 0.497. The van der Waals surface area contributed by atoms with Crippen LogP contribution in [0.4, 0.5) is 0 Å². The van der Waals surface area contributed by atoms with Crippen molar-refractivity contribution in [1.29, 1.82) is 0 Å². The van der Waals surface area contributed by atoms with Gasteiger partial charge in [-0.1, -0.05) is 13.0 Å². The third-order valence-corrected chi connectivity index (χ3v) is 7.08. The van der Waals surface area contributed by atoms with Crippen molar-refractivity contribution >= 4 is 27.3 Å². The molecule has 1 N–H and O–H groups in total. The Bertz CT molecular complexity index is 561. The molecule has 2 rings (SSSR count). The first-order chi connectivity index (χ1) is 9.89. The Hall–Kier alpha value is -0.920. The second kappa shape index (κ2) is 6.89. The average molecular weight is 330 g/mol. The molecule has 1 aromatic rings. The van der Waals surface area contributed by atoms with Gasteiger partial charge in [0, 0.05) is 13.1 Å². The molecule has 0 atom stereocenters. The Morgan fingerprint density at radius 1 is 1.38 bits per heavy atom. The zero-order chi connectivity index (χ0) is 15.5. The highest BCUT2D eigenvalue weighted by atomic mass is 32.2. The highest BCUT2D eigenvalue weighted by molar-refractivity contribution is 7.91. The summed E-state index contributed by atoms with van der Waals surface area (Å²) in [6.07, 6.45) is 4.20. The maximum Gasteiger partial charge on any atom is 0.252 e. The molecule has 118 valence electrons. The average Bonchev–Trinajstić information content (AvgIpc) is 2.96. The molecule has 1 fully saturated rings. The minimum Gasteiger partial charge on any atom is -0.352 e. The Morgan fingerprint density at radius 3 is 2.62 bits per heavy atom. The SMILES string of the molecule is CC1CCC(NC(=O)CN(C)S(=O)(=O)c2cccs2)CC1. The number of nitrogens with one attached hydrogen (secondary N) is 1. The molecule has 1 saturated carbocycles. The lowest BCUT2D eigenvalue weighted by Gasteiger charge is -2.27. The lowest BCUT2D eigenvalue weighted by Crippen LogP contribution is -2.43. The van der Waals surface area contributed by atoms with Crippen molar-refractivity contribution in [2.45, 2.75) is 42.9 Å². The molecule has 0 saturated heterocycles. The van der Waals surface area contributed by atoms with Gasteiger partial charge in [-0.05, 0) is 43.0 Å². The molecule has 0 spiro atoms. The van der Waals surface area contributed by atoms with Crippen molar-refractivity contribution in [3.8, 4) is 0 Å². The van der Waals surface area contributed by atoms with Gasteiger partial charge in [-0.25, -0.2) is 8.42 Å². The van der Waals surface area contributed by atoms with E-state index in [1.807, 2.05) is 0 Å². The van der Waals surface area contributed by atoms with E-state index < -0.39 is 10.0 Å². The fourth-order valence-electron chi connectivity index (χ4n) is 2.53. The standard InChI is InChI=1S/C14H22N2O3S2/c1-11-5-7-12(8-6-11)15-13(17)10-16(2)21(18,19)14-4-3-9-20-14/h3-4,9,11-12H,5-8,10H2,1-2H3,(H,15,17). The fourth-order valence-corrected chi connectivity index (χ4v) is 4.86. The number of sulfonamides is 1. The number of nitrogens with zero attached hydrogens (tertiary/aromatic N) is 1. The van der Waals surface area contributed by atoms with Crippen molar-refractivity contribution in [1.82, 2.24) is 9.62 Å². The first kappa shape index (κ1) is 16.5. The number of rotatable bonds is 5. The molecule has 0 aromatic carbocycles. The second-order valence-electron chi connectivity index (χ2n) is 5.72. The number of carbonyl (C=O) groups is 1. The van der Waals surface area contributed by atoms with Crippen molar-refractivity contribution < 1.29 is 13.2 Å². The van der Waals surface area contributed by atoms with Crippen molar-refractivity contribution in [3.63, 3.8) is 0 Å². The molecule has 1 aliphatic rings. The van der Waals surface area contributed by atoms with Gasteiger partial charge < -0.3 is 5.32 Å². The number of amides is 1. The minimum absolute atomic E-state index is 0.133. The number of carbonyl (C=O) groups excluding carboxylic acids is 1. The lowest BCUT2D eigenvalue weighted by molar-refractivity contribution is -0.122. The van der Waals surface area contributed by atoms with Gasteiger partial charge in [0.2, 0.25) is 5.91 Å². The summed E-state index contributed by atoms with van der Waals surface area (Å²) < 4.78 is 25.8. The number of thiophene rings is 1. The third kappa shape index (κ3) is 4.28. The van der Waals surface area contributed by atoms with Gasteiger partial charge in [0.15, 0.2) is 0 Å². The van der Waals surface area contributed by atoms with Crippen molar-refractivity contribution in [3.05, 3.63) is 17.5 Å². The molecule has 0 aliphatic heterocycles. The maximum atomic E-state index is 12.2. The van der Waals surface area contributed by atoms with Crippen LogP contribution in [0.15, 0.2) is 21.7 Å². The van der Waals surface area contributed by atoms with Gasteiger partial charge in [0.05, 0.1) is 6.54 Å². The van der Waals surface area contributed by atoms with E-state index in [9.17, 15) is 13.2 Å². The summed E-state index contributed by atoms with van der Waals surface area (Å²) in [4.78, 5) is 12.0. The predicted molar refractivity (Wildman–Crippen MR) is 83.7 cm³/mol. The fraction of sp³-hybridized carbons (Fsp3) is 0.643. The number of hydrogen-bond acceptors (Lipinski definition) is 4. The summed E-state index contributed by atoms with van der Waals surface area (Å²) in [5, 5.41) is 4.66. The summed E-state index contributed by atoms with van der Waals surface area (Å²) in [5.41, 5.74) is 0. The van der Waals surface area contributed by atoms with Crippen LogP contribution in [0.5, 0.6) is 0 Å². The van der Waals surface area contributed by atoms with Crippen molar-refractivity contribution in [2.24, 2.45) is 5.92 Å². The Labute approximate surface area is 130 Å². The van der Waals surface area contributed by atoms with Crippen LogP contribution in [-0.4, -0.2) is 38.3 Å². The van der Waals surface area contributed by atoms with E-state index in [-0.39, 0.29) is 22.7 Å². The molecule has 0 radical (unpaired) electrons. The van der Waals surface area contributed by atoms with E-state index in [0.29, 0.717) is 0 Å². The topological polar surface area (TPSA) is 66.5 Å². The number of hydrogen-bond donors (Lipinski definition) is 1. The van der Waals surface area contributed by atoms with Gasteiger partial charge in [-0.15, -0.1) is 11.3 Å².